The Morgan fingerprint density at radius 2 is 2.20 bits per heavy atom. The van der Waals surface area contributed by atoms with Crippen molar-refractivity contribution in [3.05, 3.63) is 35.0 Å². The molecule has 0 aliphatic carbocycles. The van der Waals surface area contributed by atoms with Crippen molar-refractivity contribution in [2.45, 2.75) is 32.6 Å². The van der Waals surface area contributed by atoms with E-state index in [1.165, 1.54) is 23.8 Å². The van der Waals surface area contributed by atoms with E-state index in [4.69, 9.17) is 11.6 Å². The van der Waals surface area contributed by atoms with Crippen molar-refractivity contribution in [2.24, 2.45) is 0 Å². The van der Waals surface area contributed by atoms with Gasteiger partial charge >= 0.3 is 0 Å². The van der Waals surface area contributed by atoms with Crippen molar-refractivity contribution in [1.82, 2.24) is 4.98 Å². The standard InChI is InChI=1S/C13H16ClN/c1-3-4-9(2)12-8-15-13-7-10(14)5-6-11(12)13/h5-9,15H,3-4H2,1-2H3. The van der Waals surface area contributed by atoms with Crippen LogP contribution < -0.4 is 0 Å². The first kappa shape index (κ1) is 10.6. The summed E-state index contributed by atoms with van der Waals surface area (Å²) in [6, 6.07) is 6.05. The zero-order valence-corrected chi connectivity index (χ0v) is 9.93. The van der Waals surface area contributed by atoms with Gasteiger partial charge in [-0.2, -0.15) is 0 Å². The van der Waals surface area contributed by atoms with Gasteiger partial charge in [-0.05, 0) is 30.0 Å². The minimum Gasteiger partial charge on any atom is -0.361 e. The lowest BCUT2D eigenvalue weighted by Gasteiger charge is -2.08. The SMILES string of the molecule is CCCC(C)c1c[nH]c2cc(Cl)ccc12. The smallest absolute Gasteiger partial charge is 0.0471 e. The Hall–Kier alpha value is -0.950. The second-order valence-corrected chi connectivity index (χ2v) is 4.56. The molecule has 0 bridgehead atoms. The van der Waals surface area contributed by atoms with Crippen LogP contribution in [-0.2, 0) is 0 Å². The third-order valence-corrected chi connectivity index (χ3v) is 3.16. The average molecular weight is 222 g/mol. The Bertz CT molecular complexity index is 459. The maximum Gasteiger partial charge on any atom is 0.0471 e. The van der Waals surface area contributed by atoms with Crippen LogP contribution in [0, 0.1) is 0 Å². The van der Waals surface area contributed by atoms with Crippen molar-refractivity contribution in [2.75, 3.05) is 0 Å². The summed E-state index contributed by atoms with van der Waals surface area (Å²) in [5.41, 5.74) is 2.55. The Morgan fingerprint density at radius 1 is 1.40 bits per heavy atom. The molecular formula is C13H16ClN. The summed E-state index contributed by atoms with van der Waals surface area (Å²) < 4.78 is 0. The fourth-order valence-corrected chi connectivity index (χ4v) is 2.29. The van der Waals surface area contributed by atoms with Gasteiger partial charge in [0.1, 0.15) is 0 Å². The van der Waals surface area contributed by atoms with Crippen LogP contribution in [-0.4, -0.2) is 4.98 Å². The zero-order chi connectivity index (χ0) is 10.8. The maximum atomic E-state index is 5.95. The molecule has 0 saturated heterocycles. The van der Waals surface area contributed by atoms with E-state index in [1.807, 2.05) is 12.1 Å². The van der Waals surface area contributed by atoms with Gasteiger partial charge in [0.2, 0.25) is 0 Å². The molecule has 0 aliphatic heterocycles. The van der Waals surface area contributed by atoms with E-state index in [1.54, 1.807) is 0 Å². The lowest BCUT2D eigenvalue weighted by atomic mass is 9.96. The molecule has 0 amide bonds. The molecule has 1 atom stereocenters. The van der Waals surface area contributed by atoms with Crippen LogP contribution in [0.1, 0.15) is 38.2 Å². The van der Waals surface area contributed by atoms with Crippen molar-refractivity contribution in [3.8, 4) is 0 Å². The van der Waals surface area contributed by atoms with Crippen LogP contribution in [0.2, 0.25) is 5.02 Å². The van der Waals surface area contributed by atoms with E-state index in [9.17, 15) is 0 Å². The maximum absolute atomic E-state index is 5.95. The predicted molar refractivity (Wildman–Crippen MR) is 66.6 cm³/mol. The van der Waals surface area contributed by atoms with Gasteiger partial charge in [0, 0.05) is 22.1 Å². The van der Waals surface area contributed by atoms with E-state index in [2.05, 4.69) is 31.1 Å². The summed E-state index contributed by atoms with van der Waals surface area (Å²) in [7, 11) is 0. The van der Waals surface area contributed by atoms with Crippen LogP contribution in [0.5, 0.6) is 0 Å². The number of H-pyrrole nitrogens is 1. The molecule has 1 nitrogen and oxygen atoms in total. The number of halogens is 1. The summed E-state index contributed by atoms with van der Waals surface area (Å²) in [6.07, 6.45) is 4.57. The summed E-state index contributed by atoms with van der Waals surface area (Å²) in [4.78, 5) is 3.28. The molecule has 0 spiro atoms. The third kappa shape index (κ3) is 2.03. The molecule has 0 aliphatic rings. The molecule has 15 heavy (non-hydrogen) atoms. The highest BCUT2D eigenvalue weighted by atomic mass is 35.5. The largest absolute Gasteiger partial charge is 0.361 e. The third-order valence-electron chi connectivity index (χ3n) is 2.93. The Balaban J connectivity index is 2.44. The molecule has 1 heterocycles. The first-order valence-electron chi connectivity index (χ1n) is 5.49. The summed E-state index contributed by atoms with van der Waals surface area (Å²) >= 11 is 5.95. The molecule has 2 heteroatoms. The number of benzene rings is 1. The normalized spacial score (nSPS) is 13.3. The van der Waals surface area contributed by atoms with Crippen LogP contribution in [0.25, 0.3) is 10.9 Å². The molecule has 0 saturated carbocycles. The van der Waals surface area contributed by atoms with Gasteiger partial charge in [-0.15, -0.1) is 0 Å². The number of fused-ring (bicyclic) bond motifs is 1. The van der Waals surface area contributed by atoms with Crippen LogP contribution >= 0.6 is 11.6 Å². The fraction of sp³-hybridized carbons (Fsp3) is 0.385. The van der Waals surface area contributed by atoms with Gasteiger partial charge in [0.15, 0.2) is 0 Å². The van der Waals surface area contributed by atoms with E-state index in [0.717, 1.165) is 10.5 Å². The lowest BCUT2D eigenvalue weighted by Crippen LogP contribution is -1.90. The Kier molecular flexibility index (Phi) is 3.01. The topological polar surface area (TPSA) is 15.8 Å². The second-order valence-electron chi connectivity index (χ2n) is 4.12. The number of nitrogens with one attached hydrogen (secondary N) is 1. The van der Waals surface area contributed by atoms with Gasteiger partial charge in [0.25, 0.3) is 0 Å². The second kappa shape index (κ2) is 4.28. The highest BCUT2D eigenvalue weighted by Crippen LogP contribution is 2.29. The number of hydrogen-bond acceptors (Lipinski definition) is 0. The highest BCUT2D eigenvalue weighted by molar-refractivity contribution is 6.31. The minimum atomic E-state index is 0.616. The molecule has 1 N–H and O–H groups in total. The van der Waals surface area contributed by atoms with E-state index < -0.39 is 0 Å². The predicted octanol–water partition coefficient (Wildman–Crippen LogP) is 4.72. The Labute approximate surface area is 95.5 Å². The molecule has 2 aromatic rings. The van der Waals surface area contributed by atoms with Gasteiger partial charge in [0.05, 0.1) is 0 Å². The van der Waals surface area contributed by atoms with Crippen molar-refractivity contribution in [1.29, 1.82) is 0 Å². The number of aromatic nitrogens is 1. The van der Waals surface area contributed by atoms with E-state index in [-0.39, 0.29) is 0 Å². The number of hydrogen-bond donors (Lipinski definition) is 1. The van der Waals surface area contributed by atoms with Crippen molar-refractivity contribution in [3.63, 3.8) is 0 Å². The zero-order valence-electron chi connectivity index (χ0n) is 9.18. The first-order chi connectivity index (χ1) is 7.22. The van der Waals surface area contributed by atoms with Gasteiger partial charge < -0.3 is 4.98 Å². The van der Waals surface area contributed by atoms with Gasteiger partial charge in [-0.3, -0.25) is 0 Å². The average Bonchev–Trinajstić information content (AvgIpc) is 2.60. The molecular weight excluding hydrogens is 206 g/mol. The fourth-order valence-electron chi connectivity index (χ4n) is 2.12. The van der Waals surface area contributed by atoms with Crippen LogP contribution in [0.4, 0.5) is 0 Å². The molecule has 1 unspecified atom stereocenters. The number of rotatable bonds is 3. The number of aromatic amines is 1. The van der Waals surface area contributed by atoms with Crippen LogP contribution in [0.15, 0.2) is 24.4 Å². The summed E-state index contributed by atoms with van der Waals surface area (Å²) in [5, 5.41) is 2.10. The molecule has 80 valence electrons. The molecule has 0 radical (unpaired) electrons. The van der Waals surface area contributed by atoms with E-state index >= 15 is 0 Å². The minimum absolute atomic E-state index is 0.616. The monoisotopic (exact) mass is 221 g/mol. The summed E-state index contributed by atoms with van der Waals surface area (Å²) in [6.45, 7) is 4.50. The lowest BCUT2D eigenvalue weighted by molar-refractivity contribution is 0.669. The van der Waals surface area contributed by atoms with Gasteiger partial charge in [-0.25, -0.2) is 0 Å². The quantitative estimate of drug-likeness (QED) is 0.772. The van der Waals surface area contributed by atoms with Crippen molar-refractivity contribution < 1.29 is 0 Å². The molecule has 2 rings (SSSR count). The highest BCUT2D eigenvalue weighted by Gasteiger charge is 2.10. The van der Waals surface area contributed by atoms with Crippen LogP contribution in [0.3, 0.4) is 0 Å². The molecule has 1 aromatic heterocycles. The van der Waals surface area contributed by atoms with Gasteiger partial charge in [-0.1, -0.05) is 37.9 Å². The van der Waals surface area contributed by atoms with E-state index in [0.29, 0.717) is 5.92 Å². The summed E-state index contributed by atoms with van der Waals surface area (Å²) in [5.74, 6) is 0.616. The molecule has 0 fully saturated rings. The van der Waals surface area contributed by atoms with Crippen molar-refractivity contribution >= 4 is 22.5 Å². The molecule has 1 aromatic carbocycles. The Morgan fingerprint density at radius 3 is 2.93 bits per heavy atom. The first-order valence-corrected chi connectivity index (χ1v) is 5.86.